The maximum atomic E-state index is 5.93. The first-order valence-corrected chi connectivity index (χ1v) is 8.13. The third-order valence-corrected chi connectivity index (χ3v) is 4.23. The Morgan fingerprint density at radius 1 is 1.24 bits per heavy atom. The van der Waals surface area contributed by atoms with Crippen LogP contribution in [0.15, 0.2) is 12.1 Å². The summed E-state index contributed by atoms with van der Waals surface area (Å²) in [7, 11) is 0. The average Bonchev–Trinajstić information content (AvgIpc) is 3.31. The minimum atomic E-state index is 0.578. The molecule has 0 atom stereocenters. The molecule has 1 aliphatic heterocycles. The highest BCUT2D eigenvalue weighted by atomic mass is 16.5. The van der Waals surface area contributed by atoms with Crippen molar-refractivity contribution >= 4 is 11.5 Å². The molecule has 3 rings (SSSR count). The smallest absolute Gasteiger partial charge is 0.239 e. The second kappa shape index (κ2) is 6.52. The summed E-state index contributed by atoms with van der Waals surface area (Å²) >= 11 is 0. The van der Waals surface area contributed by atoms with Gasteiger partial charge in [-0.05, 0) is 37.3 Å². The first kappa shape index (κ1) is 14.4. The lowest BCUT2D eigenvalue weighted by Crippen LogP contribution is -2.47. The number of hydrogen-bond donors (Lipinski definition) is 1. The molecule has 0 aromatic carbocycles. The normalized spacial score (nSPS) is 19.8. The van der Waals surface area contributed by atoms with E-state index in [-0.39, 0.29) is 0 Å². The Balaban J connectivity index is 1.58. The Kier molecular flexibility index (Phi) is 4.48. The molecule has 5 heteroatoms. The summed E-state index contributed by atoms with van der Waals surface area (Å²) in [6.07, 6.45) is 3.82. The number of ether oxygens (including phenoxy) is 1. The van der Waals surface area contributed by atoms with Gasteiger partial charge in [0.25, 0.3) is 0 Å². The van der Waals surface area contributed by atoms with Crippen molar-refractivity contribution in [3.05, 3.63) is 12.1 Å². The summed E-state index contributed by atoms with van der Waals surface area (Å²) in [5.74, 6) is 2.54. The van der Waals surface area contributed by atoms with Gasteiger partial charge in [-0.25, -0.2) is 0 Å². The molecule has 2 fully saturated rings. The second-order valence-electron chi connectivity index (χ2n) is 6.14. The van der Waals surface area contributed by atoms with Crippen LogP contribution in [0, 0.1) is 5.92 Å². The van der Waals surface area contributed by atoms with Gasteiger partial charge in [0.1, 0.15) is 5.82 Å². The van der Waals surface area contributed by atoms with Gasteiger partial charge in [0.05, 0.1) is 12.3 Å². The molecule has 1 aromatic rings. The largest absolute Gasteiger partial charge is 0.476 e. The standard InChI is InChI=1S/C16H26N4O/c1-2-11-21-16-14(17)5-6-15(18-16)20-9-7-19(8-10-20)12-13-3-4-13/h5-6,13H,2-4,7-12,17H2,1H3. The zero-order valence-corrected chi connectivity index (χ0v) is 12.9. The molecule has 0 spiro atoms. The molecule has 2 N–H and O–H groups in total. The lowest BCUT2D eigenvalue weighted by molar-refractivity contribution is 0.247. The number of anilines is 2. The molecule has 0 bridgehead atoms. The Bertz CT molecular complexity index is 467. The van der Waals surface area contributed by atoms with Gasteiger partial charge in [-0.2, -0.15) is 4.98 Å². The topological polar surface area (TPSA) is 54.6 Å². The number of hydrogen-bond acceptors (Lipinski definition) is 5. The summed E-state index contributed by atoms with van der Waals surface area (Å²) < 4.78 is 5.63. The molecule has 21 heavy (non-hydrogen) atoms. The second-order valence-corrected chi connectivity index (χ2v) is 6.14. The van der Waals surface area contributed by atoms with Crippen LogP contribution in [0.5, 0.6) is 5.88 Å². The minimum Gasteiger partial charge on any atom is -0.476 e. The molecule has 2 heterocycles. The van der Waals surface area contributed by atoms with E-state index in [0.717, 1.165) is 44.3 Å². The van der Waals surface area contributed by atoms with Gasteiger partial charge in [-0.3, -0.25) is 4.90 Å². The molecule has 2 aliphatic rings. The van der Waals surface area contributed by atoms with Crippen LogP contribution >= 0.6 is 0 Å². The Morgan fingerprint density at radius 2 is 2.00 bits per heavy atom. The van der Waals surface area contributed by atoms with E-state index in [2.05, 4.69) is 21.7 Å². The van der Waals surface area contributed by atoms with Gasteiger partial charge in [-0.15, -0.1) is 0 Å². The zero-order valence-electron chi connectivity index (χ0n) is 12.9. The van der Waals surface area contributed by atoms with E-state index in [1.807, 2.05) is 12.1 Å². The highest BCUT2D eigenvalue weighted by Gasteiger charge is 2.26. The van der Waals surface area contributed by atoms with E-state index in [0.29, 0.717) is 18.2 Å². The third kappa shape index (κ3) is 3.79. The summed E-state index contributed by atoms with van der Waals surface area (Å²) in [4.78, 5) is 9.51. The van der Waals surface area contributed by atoms with Gasteiger partial charge >= 0.3 is 0 Å². The van der Waals surface area contributed by atoms with Gasteiger partial charge in [0, 0.05) is 32.7 Å². The predicted octanol–water partition coefficient (Wildman–Crippen LogP) is 1.98. The lowest BCUT2D eigenvalue weighted by atomic mass is 10.2. The maximum Gasteiger partial charge on any atom is 0.239 e. The average molecular weight is 290 g/mol. The highest BCUT2D eigenvalue weighted by molar-refractivity contribution is 5.54. The fourth-order valence-corrected chi connectivity index (χ4v) is 2.76. The molecule has 1 saturated carbocycles. The molecule has 0 radical (unpaired) electrons. The SMILES string of the molecule is CCCOc1nc(N2CCN(CC3CC3)CC2)ccc1N. The summed E-state index contributed by atoms with van der Waals surface area (Å²) in [6, 6.07) is 3.91. The Labute approximate surface area is 127 Å². The third-order valence-electron chi connectivity index (χ3n) is 4.23. The number of rotatable bonds is 6. The molecular weight excluding hydrogens is 264 g/mol. The van der Waals surface area contributed by atoms with Gasteiger partial charge in [0.15, 0.2) is 0 Å². The maximum absolute atomic E-state index is 5.93. The van der Waals surface area contributed by atoms with Crippen LogP contribution in [0.3, 0.4) is 0 Å². The van der Waals surface area contributed by atoms with Crippen LogP contribution in [0.1, 0.15) is 26.2 Å². The van der Waals surface area contributed by atoms with Crippen LogP contribution in [0.25, 0.3) is 0 Å². The zero-order chi connectivity index (χ0) is 14.7. The Hall–Kier alpha value is -1.49. The van der Waals surface area contributed by atoms with Crippen molar-refractivity contribution in [1.29, 1.82) is 0 Å². The minimum absolute atomic E-state index is 0.578. The number of aromatic nitrogens is 1. The van der Waals surface area contributed by atoms with Crippen LogP contribution in [-0.4, -0.2) is 49.2 Å². The number of piperazine rings is 1. The monoisotopic (exact) mass is 290 g/mol. The molecular formula is C16H26N4O. The lowest BCUT2D eigenvalue weighted by Gasteiger charge is -2.35. The summed E-state index contributed by atoms with van der Waals surface area (Å²) in [5, 5.41) is 0. The molecule has 116 valence electrons. The van der Waals surface area contributed by atoms with Crippen molar-refractivity contribution in [1.82, 2.24) is 9.88 Å². The first-order chi connectivity index (χ1) is 10.3. The van der Waals surface area contributed by atoms with Crippen LogP contribution < -0.4 is 15.4 Å². The fraction of sp³-hybridized carbons (Fsp3) is 0.688. The molecule has 0 amide bonds. The van der Waals surface area contributed by atoms with Crippen molar-refractivity contribution in [2.75, 3.05) is 50.0 Å². The van der Waals surface area contributed by atoms with Crippen molar-refractivity contribution in [3.8, 4) is 5.88 Å². The van der Waals surface area contributed by atoms with Crippen LogP contribution in [0.2, 0.25) is 0 Å². The van der Waals surface area contributed by atoms with E-state index in [1.165, 1.54) is 19.4 Å². The molecule has 1 aliphatic carbocycles. The van der Waals surface area contributed by atoms with E-state index < -0.39 is 0 Å². The summed E-state index contributed by atoms with van der Waals surface area (Å²) in [6.45, 7) is 8.37. The fourth-order valence-electron chi connectivity index (χ4n) is 2.76. The van der Waals surface area contributed by atoms with Gasteiger partial charge in [0.2, 0.25) is 5.88 Å². The quantitative estimate of drug-likeness (QED) is 0.868. The molecule has 1 aromatic heterocycles. The van der Waals surface area contributed by atoms with Crippen LogP contribution in [0.4, 0.5) is 11.5 Å². The molecule has 5 nitrogen and oxygen atoms in total. The van der Waals surface area contributed by atoms with E-state index in [9.17, 15) is 0 Å². The Morgan fingerprint density at radius 3 is 2.67 bits per heavy atom. The van der Waals surface area contributed by atoms with Gasteiger partial charge in [-0.1, -0.05) is 6.92 Å². The van der Waals surface area contributed by atoms with Crippen molar-refractivity contribution in [3.63, 3.8) is 0 Å². The van der Waals surface area contributed by atoms with E-state index >= 15 is 0 Å². The molecule has 1 saturated heterocycles. The number of pyridine rings is 1. The van der Waals surface area contributed by atoms with Gasteiger partial charge < -0.3 is 15.4 Å². The van der Waals surface area contributed by atoms with Crippen molar-refractivity contribution in [2.45, 2.75) is 26.2 Å². The van der Waals surface area contributed by atoms with Crippen molar-refractivity contribution < 1.29 is 4.74 Å². The molecule has 0 unspecified atom stereocenters. The number of nitrogens with two attached hydrogens (primary N) is 1. The summed E-state index contributed by atoms with van der Waals surface area (Å²) in [5.41, 5.74) is 6.55. The first-order valence-electron chi connectivity index (χ1n) is 8.13. The van der Waals surface area contributed by atoms with E-state index in [4.69, 9.17) is 10.5 Å². The predicted molar refractivity (Wildman–Crippen MR) is 85.8 cm³/mol. The van der Waals surface area contributed by atoms with E-state index in [1.54, 1.807) is 0 Å². The number of nitrogen functional groups attached to an aromatic ring is 1. The van der Waals surface area contributed by atoms with Crippen LogP contribution in [-0.2, 0) is 0 Å². The highest BCUT2D eigenvalue weighted by Crippen LogP contribution is 2.30. The van der Waals surface area contributed by atoms with Crippen molar-refractivity contribution in [2.24, 2.45) is 5.92 Å². The number of nitrogens with zero attached hydrogens (tertiary/aromatic N) is 3.